The topological polar surface area (TPSA) is 0 Å². The summed E-state index contributed by atoms with van der Waals surface area (Å²) in [5.41, 5.74) is 1.46. The molecule has 0 aromatic rings. The molecule has 0 aliphatic heterocycles. The summed E-state index contributed by atoms with van der Waals surface area (Å²) in [5.74, 6) is 0.979. The van der Waals surface area contributed by atoms with Crippen molar-refractivity contribution in [3.63, 3.8) is 0 Å². The SMILES string of the molecule is CC(C)=CCCCC(C)[CH2][AlH2]. The van der Waals surface area contributed by atoms with Gasteiger partial charge in [0.1, 0.15) is 0 Å². The van der Waals surface area contributed by atoms with Gasteiger partial charge in [-0.15, -0.1) is 0 Å². The van der Waals surface area contributed by atoms with E-state index in [0.717, 1.165) is 5.92 Å². The van der Waals surface area contributed by atoms with Crippen LogP contribution in [0.4, 0.5) is 0 Å². The van der Waals surface area contributed by atoms with E-state index in [1.54, 1.807) is 0 Å². The number of hydrogen-bond donors (Lipinski definition) is 0. The van der Waals surface area contributed by atoms with E-state index >= 15 is 0 Å². The molecule has 0 aromatic carbocycles. The van der Waals surface area contributed by atoms with Crippen LogP contribution >= 0.6 is 0 Å². The van der Waals surface area contributed by atoms with Crippen molar-refractivity contribution in [1.29, 1.82) is 0 Å². The monoisotopic (exact) mass is 168 g/mol. The van der Waals surface area contributed by atoms with Crippen molar-refractivity contribution in [3.05, 3.63) is 11.6 Å². The van der Waals surface area contributed by atoms with Gasteiger partial charge in [-0.1, -0.05) is 36.2 Å². The summed E-state index contributed by atoms with van der Waals surface area (Å²) in [4.78, 5) is 0. The molecule has 64 valence electrons. The summed E-state index contributed by atoms with van der Waals surface area (Å²) < 4.78 is 0. The van der Waals surface area contributed by atoms with Crippen molar-refractivity contribution in [3.8, 4) is 0 Å². The molecule has 0 spiro atoms. The lowest BCUT2D eigenvalue weighted by molar-refractivity contribution is 0.559. The minimum Gasteiger partial charge on any atom is -0.0987 e. The zero-order valence-electron chi connectivity index (χ0n) is 8.48. The molecule has 0 amide bonds. The van der Waals surface area contributed by atoms with Gasteiger partial charge in [0.05, 0.1) is 0 Å². The van der Waals surface area contributed by atoms with Gasteiger partial charge >= 0.3 is 0 Å². The fourth-order valence-corrected chi connectivity index (χ4v) is 1.47. The summed E-state index contributed by atoms with van der Waals surface area (Å²) in [5, 5.41) is 1.47. The van der Waals surface area contributed by atoms with Gasteiger partial charge < -0.3 is 0 Å². The van der Waals surface area contributed by atoms with Gasteiger partial charge in [-0.2, -0.15) is 0 Å². The van der Waals surface area contributed by atoms with Crippen LogP contribution in [-0.4, -0.2) is 16.3 Å². The van der Waals surface area contributed by atoms with Crippen LogP contribution < -0.4 is 0 Å². The van der Waals surface area contributed by atoms with Crippen LogP contribution in [0.2, 0.25) is 5.28 Å². The first-order chi connectivity index (χ1) is 5.16. The highest BCUT2D eigenvalue weighted by molar-refractivity contribution is 6.08. The molecule has 1 heteroatoms. The molecule has 1 atom stereocenters. The van der Waals surface area contributed by atoms with Crippen LogP contribution in [-0.2, 0) is 0 Å². The lowest BCUT2D eigenvalue weighted by atomic mass is 10.1. The molecular weight excluding hydrogens is 147 g/mol. The van der Waals surface area contributed by atoms with Crippen molar-refractivity contribution in [2.24, 2.45) is 5.92 Å². The van der Waals surface area contributed by atoms with Gasteiger partial charge in [0.25, 0.3) is 0 Å². The van der Waals surface area contributed by atoms with Crippen molar-refractivity contribution < 1.29 is 0 Å². The fraction of sp³-hybridized carbons (Fsp3) is 0.800. The minimum atomic E-state index is 0.979. The first-order valence-corrected chi connectivity index (χ1v) is 6.21. The summed E-state index contributed by atoms with van der Waals surface area (Å²) in [7, 11) is 0. The lowest BCUT2D eigenvalue weighted by Gasteiger charge is -2.05. The van der Waals surface area contributed by atoms with E-state index in [9.17, 15) is 0 Å². The van der Waals surface area contributed by atoms with Gasteiger partial charge in [0.2, 0.25) is 16.3 Å². The molecule has 0 rings (SSSR count). The Morgan fingerprint density at radius 1 is 1.45 bits per heavy atom. The van der Waals surface area contributed by atoms with E-state index in [-0.39, 0.29) is 0 Å². The second kappa shape index (κ2) is 6.95. The largest absolute Gasteiger partial charge is 0.212 e. The Kier molecular flexibility index (Phi) is 7.12. The zero-order valence-corrected chi connectivity index (χ0v) is 10.5. The molecule has 0 heterocycles. The Morgan fingerprint density at radius 2 is 2.09 bits per heavy atom. The Labute approximate surface area is 79.5 Å². The molecule has 0 bridgehead atoms. The number of allylic oxidation sites excluding steroid dienone is 2. The molecule has 0 aromatic heterocycles. The Hall–Kier alpha value is 0.272. The van der Waals surface area contributed by atoms with Crippen LogP contribution in [0.25, 0.3) is 0 Å². The van der Waals surface area contributed by atoms with E-state index in [0.29, 0.717) is 0 Å². The van der Waals surface area contributed by atoms with Crippen LogP contribution in [0.3, 0.4) is 0 Å². The van der Waals surface area contributed by atoms with E-state index in [1.807, 2.05) is 0 Å². The molecule has 0 saturated carbocycles. The summed E-state index contributed by atoms with van der Waals surface area (Å²) in [6.07, 6.45) is 6.44. The predicted molar refractivity (Wildman–Crippen MR) is 55.8 cm³/mol. The maximum atomic E-state index is 2.37. The quantitative estimate of drug-likeness (QED) is 0.336. The number of hydrogen-bond acceptors (Lipinski definition) is 0. The average Bonchev–Trinajstić information content (AvgIpc) is 1.97. The maximum Gasteiger partial charge on any atom is 0.212 e. The summed E-state index contributed by atoms with van der Waals surface area (Å²) in [6.45, 7) is 6.72. The molecule has 0 saturated heterocycles. The third kappa shape index (κ3) is 8.18. The normalized spacial score (nSPS) is 12.6. The van der Waals surface area contributed by atoms with Crippen LogP contribution in [0.15, 0.2) is 11.6 Å². The van der Waals surface area contributed by atoms with Crippen molar-refractivity contribution in [1.82, 2.24) is 0 Å². The van der Waals surface area contributed by atoms with Crippen molar-refractivity contribution in [2.75, 3.05) is 0 Å². The smallest absolute Gasteiger partial charge is 0.0987 e. The maximum absolute atomic E-state index is 2.37. The van der Waals surface area contributed by atoms with E-state index < -0.39 is 0 Å². The van der Waals surface area contributed by atoms with Crippen molar-refractivity contribution >= 4 is 16.3 Å². The van der Waals surface area contributed by atoms with Crippen LogP contribution in [0, 0.1) is 5.92 Å². The minimum absolute atomic E-state index is 0.979. The van der Waals surface area contributed by atoms with E-state index in [1.165, 1.54) is 46.4 Å². The van der Waals surface area contributed by atoms with E-state index in [2.05, 4.69) is 26.8 Å². The Bertz CT molecular complexity index is 112. The second-order valence-corrected chi connectivity index (χ2v) is 4.54. The lowest BCUT2D eigenvalue weighted by Crippen LogP contribution is -1.91. The molecule has 0 N–H and O–H groups in total. The molecule has 0 aliphatic carbocycles. The predicted octanol–water partition coefficient (Wildman–Crippen LogP) is 2.81. The molecular formula is C10H21Al. The first-order valence-electron chi connectivity index (χ1n) is 4.80. The summed E-state index contributed by atoms with van der Waals surface area (Å²) >= 11 is 1.37. The molecule has 0 fully saturated rings. The molecule has 0 nitrogen and oxygen atoms in total. The molecule has 11 heavy (non-hydrogen) atoms. The first kappa shape index (κ1) is 11.3. The van der Waals surface area contributed by atoms with Gasteiger partial charge in [-0.3, -0.25) is 0 Å². The fourth-order valence-electron chi connectivity index (χ4n) is 1.06. The number of unbranched alkanes of at least 4 members (excludes halogenated alkanes) is 1. The second-order valence-electron chi connectivity index (χ2n) is 3.73. The molecule has 1 unspecified atom stereocenters. The van der Waals surface area contributed by atoms with E-state index in [4.69, 9.17) is 0 Å². The van der Waals surface area contributed by atoms with Crippen LogP contribution in [0.1, 0.15) is 40.0 Å². The van der Waals surface area contributed by atoms with Crippen molar-refractivity contribution in [2.45, 2.75) is 45.3 Å². The zero-order chi connectivity index (χ0) is 8.69. The third-order valence-corrected chi connectivity index (χ3v) is 3.54. The standard InChI is InChI=1S/C10H19.Al.2H/c1-9(2)7-5-6-8-10(3)4;;;/h8-9H,1,5-7H2,2-4H3;;;. The highest BCUT2D eigenvalue weighted by Gasteiger charge is 1.96. The van der Waals surface area contributed by atoms with Crippen LogP contribution in [0.5, 0.6) is 0 Å². The van der Waals surface area contributed by atoms with Gasteiger partial charge in [0.15, 0.2) is 0 Å². The van der Waals surface area contributed by atoms with Gasteiger partial charge in [0, 0.05) is 0 Å². The van der Waals surface area contributed by atoms with Gasteiger partial charge in [-0.25, -0.2) is 0 Å². The molecule has 0 aliphatic rings. The molecule has 0 radical (unpaired) electrons. The average molecular weight is 168 g/mol. The highest BCUT2D eigenvalue weighted by Crippen LogP contribution is 2.11. The Balaban J connectivity index is 3.21. The Morgan fingerprint density at radius 3 is 2.55 bits per heavy atom. The summed E-state index contributed by atoms with van der Waals surface area (Å²) in [6, 6.07) is 0. The highest BCUT2D eigenvalue weighted by atomic mass is 27.0. The van der Waals surface area contributed by atoms with Gasteiger partial charge in [-0.05, 0) is 26.7 Å². The third-order valence-electron chi connectivity index (χ3n) is 2.15. The number of rotatable bonds is 5.